The van der Waals surface area contributed by atoms with Crippen molar-refractivity contribution in [3.63, 3.8) is 0 Å². The summed E-state index contributed by atoms with van der Waals surface area (Å²) in [5, 5.41) is 9.93. The van der Waals surface area contributed by atoms with Gasteiger partial charge in [0.1, 0.15) is 0 Å². The van der Waals surface area contributed by atoms with Crippen LogP contribution in [0.15, 0.2) is 0 Å². The maximum atomic E-state index is 9.93. The van der Waals surface area contributed by atoms with E-state index in [2.05, 4.69) is 0 Å². The molecule has 0 saturated heterocycles. The number of nitrogens with two attached hydrogens (primary N) is 1. The molecule has 0 radical (unpaired) electrons. The first-order valence-electron chi connectivity index (χ1n) is 6.75. The van der Waals surface area contributed by atoms with Crippen LogP contribution < -0.4 is 5.73 Å². The Hall–Kier alpha value is -0.200. The van der Waals surface area contributed by atoms with Gasteiger partial charge in [0.25, 0.3) is 0 Å². The van der Waals surface area contributed by atoms with Crippen LogP contribution in [0.1, 0.15) is 32.6 Å². The number of rotatable bonds is 13. The third-order valence-electron chi connectivity index (χ3n) is 2.98. The smallest absolute Gasteiger partial charge is 0.0767 e. The second kappa shape index (κ2) is 11.9. The summed E-state index contributed by atoms with van der Waals surface area (Å²) in [6.45, 7) is 5.55. The Morgan fingerprint density at radius 3 is 2.11 bits per heavy atom. The molecular formula is C13H29NO4. The minimum absolute atomic E-state index is 0.312. The lowest BCUT2D eigenvalue weighted by atomic mass is 9.95. The lowest BCUT2D eigenvalue weighted by molar-refractivity contribution is 0.0121. The van der Waals surface area contributed by atoms with Crippen LogP contribution in [0.25, 0.3) is 0 Å². The van der Waals surface area contributed by atoms with Gasteiger partial charge < -0.3 is 25.1 Å². The Bertz CT molecular complexity index is 174. The highest BCUT2D eigenvalue weighted by molar-refractivity contribution is 4.77. The van der Waals surface area contributed by atoms with Crippen molar-refractivity contribution in [2.75, 3.05) is 46.7 Å². The van der Waals surface area contributed by atoms with Crippen LogP contribution in [0.4, 0.5) is 0 Å². The Kier molecular flexibility index (Phi) is 11.7. The summed E-state index contributed by atoms with van der Waals surface area (Å²) >= 11 is 0. The summed E-state index contributed by atoms with van der Waals surface area (Å²) in [5.74, 6) is 0. The second-order valence-electron chi connectivity index (χ2n) is 4.46. The van der Waals surface area contributed by atoms with Gasteiger partial charge >= 0.3 is 0 Å². The van der Waals surface area contributed by atoms with Crippen LogP contribution in [0, 0.1) is 0 Å². The first-order chi connectivity index (χ1) is 8.68. The monoisotopic (exact) mass is 263 g/mol. The first-order valence-corrected chi connectivity index (χ1v) is 6.75. The molecular weight excluding hydrogens is 234 g/mol. The zero-order chi connectivity index (χ0) is 13.7. The molecule has 110 valence electrons. The highest BCUT2D eigenvalue weighted by Gasteiger charge is 2.21. The summed E-state index contributed by atoms with van der Waals surface area (Å²) in [4.78, 5) is 0. The molecule has 5 heteroatoms. The van der Waals surface area contributed by atoms with E-state index < -0.39 is 5.60 Å². The summed E-state index contributed by atoms with van der Waals surface area (Å²) in [6, 6.07) is 0. The largest absolute Gasteiger partial charge is 0.389 e. The van der Waals surface area contributed by atoms with Gasteiger partial charge in [-0.2, -0.15) is 0 Å². The van der Waals surface area contributed by atoms with E-state index in [4.69, 9.17) is 19.9 Å². The number of hydrogen-bond donors (Lipinski definition) is 2. The highest BCUT2D eigenvalue weighted by atomic mass is 16.5. The van der Waals surface area contributed by atoms with E-state index in [-0.39, 0.29) is 0 Å². The van der Waals surface area contributed by atoms with Crippen LogP contribution in [-0.2, 0) is 14.2 Å². The van der Waals surface area contributed by atoms with Gasteiger partial charge in [0.2, 0.25) is 0 Å². The molecule has 0 rings (SSSR count). The molecule has 0 fully saturated rings. The molecule has 0 aliphatic heterocycles. The highest BCUT2D eigenvalue weighted by Crippen LogP contribution is 2.15. The van der Waals surface area contributed by atoms with Crippen molar-refractivity contribution in [1.29, 1.82) is 0 Å². The van der Waals surface area contributed by atoms with E-state index >= 15 is 0 Å². The standard InChI is InChI=1S/C13H29NO4/c1-3-13(15,12-14)6-4-8-17-10-11-18-9-5-7-16-2/h15H,3-12,14H2,1-2H3. The van der Waals surface area contributed by atoms with Crippen LogP contribution in [-0.4, -0.2) is 57.4 Å². The van der Waals surface area contributed by atoms with Crippen molar-refractivity contribution < 1.29 is 19.3 Å². The van der Waals surface area contributed by atoms with Crippen LogP contribution >= 0.6 is 0 Å². The first kappa shape index (κ1) is 17.8. The SMILES string of the molecule is CCC(O)(CN)CCCOCCOCCCOC. The Labute approximate surface area is 111 Å². The minimum atomic E-state index is -0.722. The summed E-state index contributed by atoms with van der Waals surface area (Å²) < 4.78 is 15.7. The third kappa shape index (κ3) is 9.79. The molecule has 0 aromatic carbocycles. The second-order valence-corrected chi connectivity index (χ2v) is 4.46. The number of hydrogen-bond acceptors (Lipinski definition) is 5. The van der Waals surface area contributed by atoms with Gasteiger partial charge in [0.15, 0.2) is 0 Å². The minimum Gasteiger partial charge on any atom is -0.389 e. The molecule has 0 spiro atoms. The third-order valence-corrected chi connectivity index (χ3v) is 2.98. The summed E-state index contributed by atoms with van der Waals surface area (Å²) in [6.07, 6.45) is 3.11. The molecule has 0 aromatic rings. The molecule has 1 unspecified atom stereocenters. The fraction of sp³-hybridized carbons (Fsp3) is 1.00. The Morgan fingerprint density at radius 1 is 1.00 bits per heavy atom. The average Bonchev–Trinajstić information content (AvgIpc) is 2.40. The molecule has 3 N–H and O–H groups in total. The molecule has 0 aliphatic carbocycles. The molecule has 5 nitrogen and oxygen atoms in total. The fourth-order valence-electron chi connectivity index (χ4n) is 1.55. The Morgan fingerprint density at radius 2 is 1.61 bits per heavy atom. The summed E-state index contributed by atoms with van der Waals surface area (Å²) in [7, 11) is 1.68. The van der Waals surface area contributed by atoms with Crippen molar-refractivity contribution in [3.8, 4) is 0 Å². The van der Waals surface area contributed by atoms with Gasteiger partial charge in [-0.1, -0.05) is 6.92 Å². The summed E-state index contributed by atoms with van der Waals surface area (Å²) in [5.41, 5.74) is 4.79. The van der Waals surface area contributed by atoms with E-state index in [1.807, 2.05) is 6.92 Å². The number of methoxy groups -OCH3 is 1. The topological polar surface area (TPSA) is 73.9 Å². The van der Waals surface area contributed by atoms with Crippen LogP contribution in [0.3, 0.4) is 0 Å². The van der Waals surface area contributed by atoms with Gasteiger partial charge in [-0.25, -0.2) is 0 Å². The zero-order valence-electron chi connectivity index (χ0n) is 11.8. The number of aliphatic hydroxyl groups is 1. The van der Waals surface area contributed by atoms with Crippen molar-refractivity contribution in [3.05, 3.63) is 0 Å². The van der Waals surface area contributed by atoms with Crippen molar-refractivity contribution in [2.45, 2.75) is 38.2 Å². The van der Waals surface area contributed by atoms with Gasteiger partial charge in [0.05, 0.1) is 18.8 Å². The molecule has 0 heterocycles. The lowest BCUT2D eigenvalue weighted by Gasteiger charge is -2.24. The molecule has 1 atom stereocenters. The van der Waals surface area contributed by atoms with Gasteiger partial charge in [0, 0.05) is 33.5 Å². The van der Waals surface area contributed by atoms with Crippen molar-refractivity contribution >= 4 is 0 Å². The number of ether oxygens (including phenoxy) is 3. The molecule has 0 bridgehead atoms. The predicted octanol–water partition coefficient (Wildman–Crippen LogP) is 0.936. The molecule has 0 aromatic heterocycles. The molecule has 0 saturated carbocycles. The molecule has 0 amide bonds. The van der Waals surface area contributed by atoms with E-state index in [1.54, 1.807) is 7.11 Å². The fourth-order valence-corrected chi connectivity index (χ4v) is 1.55. The van der Waals surface area contributed by atoms with E-state index in [0.717, 1.165) is 19.4 Å². The van der Waals surface area contributed by atoms with Crippen molar-refractivity contribution in [1.82, 2.24) is 0 Å². The molecule has 0 aliphatic rings. The van der Waals surface area contributed by atoms with Gasteiger partial charge in [-0.05, 0) is 25.7 Å². The maximum Gasteiger partial charge on any atom is 0.0767 e. The van der Waals surface area contributed by atoms with Gasteiger partial charge in [-0.15, -0.1) is 0 Å². The van der Waals surface area contributed by atoms with E-state index in [0.29, 0.717) is 45.8 Å². The lowest BCUT2D eigenvalue weighted by Crippen LogP contribution is -2.37. The maximum absolute atomic E-state index is 9.93. The van der Waals surface area contributed by atoms with Crippen LogP contribution in [0.2, 0.25) is 0 Å². The van der Waals surface area contributed by atoms with Crippen molar-refractivity contribution in [2.24, 2.45) is 5.73 Å². The molecule has 18 heavy (non-hydrogen) atoms. The quantitative estimate of drug-likeness (QED) is 0.484. The predicted molar refractivity (Wildman–Crippen MR) is 71.7 cm³/mol. The zero-order valence-corrected chi connectivity index (χ0v) is 11.8. The average molecular weight is 263 g/mol. The Balaban J connectivity index is 3.21. The van der Waals surface area contributed by atoms with E-state index in [9.17, 15) is 5.11 Å². The van der Waals surface area contributed by atoms with E-state index in [1.165, 1.54) is 0 Å². The van der Waals surface area contributed by atoms with Gasteiger partial charge in [-0.3, -0.25) is 0 Å². The normalized spacial score (nSPS) is 14.7. The van der Waals surface area contributed by atoms with Crippen LogP contribution in [0.5, 0.6) is 0 Å².